The van der Waals surface area contributed by atoms with Gasteiger partial charge in [-0.05, 0) is 32.0 Å². The minimum atomic E-state index is -0.240. The highest BCUT2D eigenvalue weighted by Gasteiger charge is 2.07. The fourth-order valence-corrected chi connectivity index (χ4v) is 2.39. The van der Waals surface area contributed by atoms with Gasteiger partial charge in [0.2, 0.25) is 0 Å². The number of nitrogens with one attached hydrogen (secondary N) is 1. The molecule has 0 fully saturated rings. The standard InChI is InChI=1S/C13H15FN4S/c1-8-9(2)16-12(17-13(8)18-15)7-19-11-5-3-4-10(14)6-11/h3-6H,7,15H2,1-2H3,(H,16,17,18). The van der Waals surface area contributed by atoms with Gasteiger partial charge in [-0.15, -0.1) is 11.8 Å². The van der Waals surface area contributed by atoms with Crippen molar-refractivity contribution >= 4 is 17.6 Å². The van der Waals surface area contributed by atoms with Gasteiger partial charge in [0.1, 0.15) is 17.5 Å². The number of benzene rings is 1. The van der Waals surface area contributed by atoms with Crippen molar-refractivity contribution < 1.29 is 4.39 Å². The quantitative estimate of drug-likeness (QED) is 0.511. The molecule has 0 saturated heterocycles. The van der Waals surface area contributed by atoms with Crippen LogP contribution in [0.5, 0.6) is 0 Å². The Morgan fingerprint density at radius 3 is 2.79 bits per heavy atom. The van der Waals surface area contributed by atoms with Gasteiger partial charge in [0.25, 0.3) is 0 Å². The molecule has 0 radical (unpaired) electrons. The summed E-state index contributed by atoms with van der Waals surface area (Å²) in [4.78, 5) is 9.58. The number of nitrogens with zero attached hydrogens (tertiary/aromatic N) is 2. The van der Waals surface area contributed by atoms with Crippen LogP contribution >= 0.6 is 11.8 Å². The molecule has 0 aliphatic rings. The van der Waals surface area contributed by atoms with Crippen molar-refractivity contribution in [2.45, 2.75) is 24.5 Å². The average molecular weight is 278 g/mol. The van der Waals surface area contributed by atoms with Crippen molar-refractivity contribution in [1.82, 2.24) is 9.97 Å². The maximum absolute atomic E-state index is 13.1. The molecule has 19 heavy (non-hydrogen) atoms. The zero-order valence-corrected chi connectivity index (χ0v) is 11.6. The van der Waals surface area contributed by atoms with Gasteiger partial charge in [0, 0.05) is 16.2 Å². The summed E-state index contributed by atoms with van der Waals surface area (Å²) in [6.07, 6.45) is 0. The molecule has 4 nitrogen and oxygen atoms in total. The fourth-order valence-electron chi connectivity index (χ4n) is 1.60. The second kappa shape index (κ2) is 5.99. The van der Waals surface area contributed by atoms with Crippen molar-refractivity contribution in [3.63, 3.8) is 0 Å². The Labute approximate surface area is 115 Å². The second-order valence-electron chi connectivity index (χ2n) is 4.09. The van der Waals surface area contributed by atoms with Crippen LogP contribution in [-0.2, 0) is 5.75 Å². The van der Waals surface area contributed by atoms with E-state index in [1.165, 1.54) is 23.9 Å². The first kappa shape index (κ1) is 13.8. The van der Waals surface area contributed by atoms with Crippen molar-refractivity contribution in [2.75, 3.05) is 5.43 Å². The molecule has 0 aliphatic heterocycles. The average Bonchev–Trinajstić information content (AvgIpc) is 2.40. The van der Waals surface area contributed by atoms with Crippen LogP contribution in [0.15, 0.2) is 29.2 Å². The molecule has 0 unspecified atom stereocenters. The van der Waals surface area contributed by atoms with Gasteiger partial charge in [-0.25, -0.2) is 20.2 Å². The number of halogens is 1. The van der Waals surface area contributed by atoms with E-state index in [1.54, 1.807) is 6.07 Å². The van der Waals surface area contributed by atoms with Gasteiger partial charge in [0.15, 0.2) is 0 Å². The minimum absolute atomic E-state index is 0.240. The van der Waals surface area contributed by atoms with Crippen LogP contribution in [0.2, 0.25) is 0 Å². The normalized spacial score (nSPS) is 10.5. The first-order valence-electron chi connectivity index (χ1n) is 5.79. The van der Waals surface area contributed by atoms with E-state index in [-0.39, 0.29) is 5.82 Å². The van der Waals surface area contributed by atoms with Gasteiger partial charge >= 0.3 is 0 Å². The van der Waals surface area contributed by atoms with Gasteiger partial charge in [-0.3, -0.25) is 0 Å². The molecule has 2 rings (SSSR count). The fraction of sp³-hybridized carbons (Fsp3) is 0.231. The summed E-state index contributed by atoms with van der Waals surface area (Å²) in [5.74, 6) is 7.05. The summed E-state index contributed by atoms with van der Waals surface area (Å²) in [7, 11) is 0. The number of aryl methyl sites for hydroxylation is 1. The van der Waals surface area contributed by atoms with Gasteiger partial charge in [0.05, 0.1) is 5.75 Å². The first-order valence-corrected chi connectivity index (χ1v) is 6.78. The number of hydrazine groups is 1. The van der Waals surface area contributed by atoms with E-state index in [0.29, 0.717) is 17.4 Å². The molecule has 6 heteroatoms. The van der Waals surface area contributed by atoms with Crippen LogP contribution in [0, 0.1) is 19.7 Å². The van der Waals surface area contributed by atoms with Crippen molar-refractivity contribution in [1.29, 1.82) is 0 Å². The van der Waals surface area contributed by atoms with E-state index in [2.05, 4.69) is 15.4 Å². The Bertz CT molecular complexity index is 589. The molecule has 0 atom stereocenters. The maximum Gasteiger partial charge on any atom is 0.146 e. The number of nitrogens with two attached hydrogens (primary N) is 1. The molecule has 3 N–H and O–H groups in total. The maximum atomic E-state index is 13.1. The van der Waals surface area contributed by atoms with E-state index < -0.39 is 0 Å². The SMILES string of the molecule is Cc1nc(CSc2cccc(F)c2)nc(NN)c1C. The number of nitrogen functional groups attached to an aromatic ring is 1. The highest BCUT2D eigenvalue weighted by molar-refractivity contribution is 7.98. The predicted octanol–water partition coefficient (Wildman–Crippen LogP) is 2.81. The van der Waals surface area contributed by atoms with E-state index in [0.717, 1.165) is 16.2 Å². The Hall–Kier alpha value is -1.66. The Morgan fingerprint density at radius 1 is 1.32 bits per heavy atom. The second-order valence-corrected chi connectivity index (χ2v) is 5.14. The summed E-state index contributed by atoms with van der Waals surface area (Å²) in [6, 6.07) is 6.46. The third-order valence-corrected chi connectivity index (χ3v) is 3.73. The molecule has 0 amide bonds. The lowest BCUT2D eigenvalue weighted by Gasteiger charge is -2.09. The van der Waals surface area contributed by atoms with Crippen molar-refractivity contribution in [2.24, 2.45) is 5.84 Å². The van der Waals surface area contributed by atoms with Crippen LogP contribution in [-0.4, -0.2) is 9.97 Å². The number of hydrogen-bond acceptors (Lipinski definition) is 5. The van der Waals surface area contributed by atoms with E-state index in [9.17, 15) is 4.39 Å². The smallest absolute Gasteiger partial charge is 0.146 e. The summed E-state index contributed by atoms with van der Waals surface area (Å²) in [5.41, 5.74) is 4.38. The summed E-state index contributed by atoms with van der Waals surface area (Å²) < 4.78 is 13.1. The lowest BCUT2D eigenvalue weighted by Crippen LogP contribution is -2.13. The molecule has 0 spiro atoms. The Balaban J connectivity index is 2.13. The monoisotopic (exact) mass is 278 g/mol. The highest BCUT2D eigenvalue weighted by atomic mass is 32.2. The highest BCUT2D eigenvalue weighted by Crippen LogP contribution is 2.23. The summed E-state index contributed by atoms with van der Waals surface area (Å²) >= 11 is 1.49. The van der Waals surface area contributed by atoms with Crippen LogP contribution in [0.3, 0.4) is 0 Å². The molecular weight excluding hydrogens is 263 g/mol. The molecule has 0 aliphatic carbocycles. The topological polar surface area (TPSA) is 63.8 Å². The molecule has 1 aromatic heterocycles. The zero-order valence-electron chi connectivity index (χ0n) is 10.8. The number of rotatable bonds is 4. The molecular formula is C13H15FN4S. The van der Waals surface area contributed by atoms with Gasteiger partial charge in [-0.2, -0.15) is 0 Å². The van der Waals surface area contributed by atoms with E-state index in [4.69, 9.17) is 5.84 Å². The third-order valence-electron chi connectivity index (χ3n) is 2.74. The van der Waals surface area contributed by atoms with E-state index in [1.807, 2.05) is 19.9 Å². The van der Waals surface area contributed by atoms with Crippen LogP contribution in [0.1, 0.15) is 17.1 Å². The molecule has 1 aromatic carbocycles. The van der Waals surface area contributed by atoms with Crippen molar-refractivity contribution in [3.8, 4) is 0 Å². The summed E-state index contributed by atoms with van der Waals surface area (Å²) in [5, 5.41) is 0. The lowest BCUT2D eigenvalue weighted by atomic mass is 10.2. The molecule has 0 bridgehead atoms. The molecule has 0 saturated carbocycles. The Morgan fingerprint density at radius 2 is 2.11 bits per heavy atom. The third kappa shape index (κ3) is 3.42. The summed E-state index contributed by atoms with van der Waals surface area (Å²) in [6.45, 7) is 3.82. The van der Waals surface area contributed by atoms with E-state index >= 15 is 0 Å². The Kier molecular flexibility index (Phi) is 4.34. The molecule has 100 valence electrons. The number of hydrogen-bond donors (Lipinski definition) is 2. The van der Waals surface area contributed by atoms with Crippen LogP contribution < -0.4 is 11.3 Å². The van der Waals surface area contributed by atoms with Crippen molar-refractivity contribution in [3.05, 3.63) is 47.2 Å². The zero-order chi connectivity index (χ0) is 13.8. The van der Waals surface area contributed by atoms with Crippen LogP contribution in [0.25, 0.3) is 0 Å². The number of anilines is 1. The molecule has 2 aromatic rings. The largest absolute Gasteiger partial charge is 0.308 e. The number of thioether (sulfide) groups is 1. The van der Waals surface area contributed by atoms with Crippen LogP contribution in [0.4, 0.5) is 10.2 Å². The predicted molar refractivity (Wildman–Crippen MR) is 75.3 cm³/mol. The van der Waals surface area contributed by atoms with Gasteiger partial charge in [-0.1, -0.05) is 6.07 Å². The minimum Gasteiger partial charge on any atom is -0.308 e. The first-order chi connectivity index (χ1) is 9.10. The lowest BCUT2D eigenvalue weighted by molar-refractivity contribution is 0.624. The molecule has 1 heterocycles. The number of aromatic nitrogens is 2. The van der Waals surface area contributed by atoms with Gasteiger partial charge < -0.3 is 5.43 Å².